The Hall–Kier alpha value is -3.23. The van der Waals surface area contributed by atoms with Crippen LogP contribution in [0.25, 0.3) is 0 Å². The van der Waals surface area contributed by atoms with E-state index in [9.17, 15) is 19.5 Å². The molecule has 0 saturated carbocycles. The molecule has 0 aliphatic rings. The number of aliphatic carboxylic acids is 1. The van der Waals surface area contributed by atoms with Crippen LogP contribution < -0.4 is 5.11 Å². The van der Waals surface area contributed by atoms with E-state index in [1.807, 2.05) is 0 Å². The molecule has 0 bridgehead atoms. The Bertz CT molecular complexity index is 1320. The molecule has 2 atom stereocenters. The quantitative estimate of drug-likeness (QED) is 0.0259. The first kappa shape index (κ1) is 63.8. The molecule has 0 rings (SSSR count). The minimum Gasteiger partial charge on any atom is -0.544 e. The predicted molar refractivity (Wildman–Crippen MR) is 282 cm³/mol. The fourth-order valence-electron chi connectivity index (χ4n) is 7.90. The molecule has 67 heavy (non-hydrogen) atoms. The predicted octanol–water partition coefficient (Wildman–Crippen LogP) is 14.9. The third kappa shape index (κ3) is 47.6. The van der Waals surface area contributed by atoms with Crippen LogP contribution >= 0.6 is 0 Å². The average molecular weight is 938 g/mol. The number of carboxylic acids is 1. The summed E-state index contributed by atoms with van der Waals surface area (Å²) < 4.78 is 17.2. The first-order valence-corrected chi connectivity index (χ1v) is 27.5. The van der Waals surface area contributed by atoms with Gasteiger partial charge < -0.3 is 28.6 Å². The van der Waals surface area contributed by atoms with Crippen LogP contribution in [-0.4, -0.2) is 75.5 Å². The molecule has 386 valence electrons. The molecule has 0 spiro atoms. The number of ether oxygens (including phenoxy) is 3. The molecular weight excluding hydrogens is 835 g/mol. The first-order chi connectivity index (χ1) is 32.6. The highest BCUT2D eigenvalue weighted by molar-refractivity contribution is 5.70. The molecular formula is C59H103NO7. The van der Waals surface area contributed by atoms with Crippen molar-refractivity contribution in [2.45, 2.75) is 244 Å². The summed E-state index contributed by atoms with van der Waals surface area (Å²) in [6.07, 6.45) is 63.7. The molecule has 0 saturated heterocycles. The minimum atomic E-state index is -1.13. The second kappa shape index (κ2) is 49.2. The number of carbonyl (C=O) groups excluding carboxylic acids is 3. The van der Waals surface area contributed by atoms with Crippen molar-refractivity contribution in [3.05, 3.63) is 72.9 Å². The number of allylic oxidation sites excluding steroid dienone is 12. The van der Waals surface area contributed by atoms with Crippen LogP contribution in [0.5, 0.6) is 0 Å². The number of rotatable bonds is 49. The number of carboxylic acid groups (broad SMARTS) is 1. The second-order valence-electron chi connectivity index (χ2n) is 19.4. The van der Waals surface area contributed by atoms with Crippen molar-refractivity contribution in [3.63, 3.8) is 0 Å². The van der Waals surface area contributed by atoms with Crippen molar-refractivity contribution in [1.29, 1.82) is 0 Å². The monoisotopic (exact) mass is 938 g/mol. The summed E-state index contributed by atoms with van der Waals surface area (Å²) in [4.78, 5) is 37.1. The SMILES string of the molecule is CC/C=C/C/C=C/C/C=C/C/C=C/C/C=C/C/C=C/CCCCCC(=O)OC(COCCC(C(=O)[O-])[N+](C)(C)C)COC(=O)CCCCCCCCCCCCCCCCCCCCCCC. The standard InChI is InChI=1S/C59H103NO7/c1-6-8-10-12-14-16-18-20-22-24-26-28-30-32-34-36-38-40-42-44-46-48-50-58(62)67-55(53-65-52-51-56(59(63)64)60(3,4)5)54-66-57(61)49-47-45-43-41-39-37-35-33-31-29-27-25-23-21-19-17-15-13-11-9-7-2/h8,10,14,16,20,22,26,28,32,34,38,40,55-56H,6-7,9,11-13,15,17-19,21,23-25,27,29-31,33,35-37,39,41-54H2,1-5H3/b10-8+,16-14+,22-20+,28-26+,34-32+,40-38+. The third-order valence-corrected chi connectivity index (χ3v) is 12.1. The van der Waals surface area contributed by atoms with E-state index >= 15 is 0 Å². The lowest BCUT2D eigenvalue weighted by atomic mass is 10.0. The Morgan fingerprint density at radius 1 is 0.463 bits per heavy atom. The Morgan fingerprint density at radius 2 is 0.836 bits per heavy atom. The van der Waals surface area contributed by atoms with Crippen LogP contribution in [0.3, 0.4) is 0 Å². The lowest BCUT2D eigenvalue weighted by molar-refractivity contribution is -0.889. The fourth-order valence-corrected chi connectivity index (χ4v) is 7.90. The van der Waals surface area contributed by atoms with Crippen molar-refractivity contribution in [3.8, 4) is 0 Å². The topological polar surface area (TPSA) is 102 Å². The summed E-state index contributed by atoms with van der Waals surface area (Å²) in [7, 11) is 5.41. The summed E-state index contributed by atoms with van der Waals surface area (Å²) in [5.41, 5.74) is 0. The van der Waals surface area contributed by atoms with Gasteiger partial charge in [0.1, 0.15) is 12.6 Å². The van der Waals surface area contributed by atoms with Gasteiger partial charge in [0, 0.05) is 19.3 Å². The number of unbranched alkanes of at least 4 members (excludes halogenated alkanes) is 23. The highest BCUT2D eigenvalue weighted by atomic mass is 16.6. The molecule has 0 amide bonds. The first-order valence-electron chi connectivity index (χ1n) is 27.5. The van der Waals surface area contributed by atoms with Gasteiger partial charge in [0.2, 0.25) is 0 Å². The largest absolute Gasteiger partial charge is 0.544 e. The van der Waals surface area contributed by atoms with Crippen LogP contribution in [0.4, 0.5) is 0 Å². The summed E-state index contributed by atoms with van der Waals surface area (Å²) >= 11 is 0. The Morgan fingerprint density at radius 3 is 1.24 bits per heavy atom. The van der Waals surface area contributed by atoms with Crippen LogP contribution in [0, 0.1) is 0 Å². The normalized spacial score (nSPS) is 13.4. The third-order valence-electron chi connectivity index (χ3n) is 12.1. The molecule has 0 aromatic rings. The Labute approximate surface area is 412 Å². The van der Waals surface area contributed by atoms with Crippen molar-refractivity contribution in [2.24, 2.45) is 0 Å². The van der Waals surface area contributed by atoms with E-state index in [1.165, 1.54) is 116 Å². The summed E-state index contributed by atoms with van der Waals surface area (Å²) in [6.45, 7) is 4.54. The van der Waals surface area contributed by atoms with Gasteiger partial charge in [-0.3, -0.25) is 9.59 Å². The molecule has 0 aliphatic heterocycles. The van der Waals surface area contributed by atoms with Gasteiger partial charge in [-0.2, -0.15) is 0 Å². The number of hydrogen-bond donors (Lipinski definition) is 0. The average Bonchev–Trinajstić information content (AvgIpc) is 3.29. The molecule has 0 radical (unpaired) electrons. The summed E-state index contributed by atoms with van der Waals surface area (Å²) in [5.74, 6) is -1.77. The maximum absolute atomic E-state index is 12.8. The number of quaternary nitrogens is 1. The lowest BCUT2D eigenvalue weighted by Gasteiger charge is -2.34. The van der Waals surface area contributed by atoms with Crippen molar-refractivity contribution < 1.29 is 38.2 Å². The Kier molecular flexibility index (Phi) is 46.8. The van der Waals surface area contributed by atoms with Gasteiger partial charge >= 0.3 is 11.9 Å². The van der Waals surface area contributed by atoms with E-state index in [-0.39, 0.29) is 49.1 Å². The Balaban J connectivity index is 4.27. The molecule has 0 aromatic carbocycles. The highest BCUT2D eigenvalue weighted by Crippen LogP contribution is 2.16. The number of esters is 2. The van der Waals surface area contributed by atoms with Crippen LogP contribution in [0.2, 0.25) is 0 Å². The van der Waals surface area contributed by atoms with Crippen LogP contribution in [0.1, 0.15) is 232 Å². The number of nitrogens with zero attached hydrogens (tertiary/aromatic N) is 1. The van der Waals surface area contributed by atoms with E-state index in [4.69, 9.17) is 14.2 Å². The zero-order valence-electron chi connectivity index (χ0n) is 44.1. The van der Waals surface area contributed by atoms with Gasteiger partial charge in [-0.05, 0) is 64.2 Å². The summed E-state index contributed by atoms with van der Waals surface area (Å²) in [6, 6.07) is -0.735. The number of likely N-dealkylation sites (N-methyl/N-ethyl adjacent to an activating group) is 1. The lowest BCUT2D eigenvalue weighted by Crippen LogP contribution is -2.55. The number of hydrogen-bond acceptors (Lipinski definition) is 7. The van der Waals surface area contributed by atoms with Crippen LogP contribution in [0.15, 0.2) is 72.9 Å². The number of carbonyl (C=O) groups is 3. The van der Waals surface area contributed by atoms with Gasteiger partial charge in [0.05, 0.1) is 40.3 Å². The second-order valence-corrected chi connectivity index (χ2v) is 19.4. The fraction of sp³-hybridized carbons (Fsp3) is 0.746. The zero-order chi connectivity index (χ0) is 49.2. The van der Waals surface area contributed by atoms with Gasteiger partial charge in [-0.1, -0.05) is 222 Å². The molecule has 0 aromatic heterocycles. The van der Waals surface area contributed by atoms with Crippen molar-refractivity contribution in [1.82, 2.24) is 0 Å². The van der Waals surface area contributed by atoms with Gasteiger partial charge in [0.25, 0.3) is 0 Å². The smallest absolute Gasteiger partial charge is 0.306 e. The van der Waals surface area contributed by atoms with Crippen LogP contribution in [-0.2, 0) is 28.6 Å². The van der Waals surface area contributed by atoms with E-state index in [0.29, 0.717) is 12.8 Å². The van der Waals surface area contributed by atoms with Gasteiger partial charge in [-0.15, -0.1) is 0 Å². The van der Waals surface area contributed by atoms with Crippen molar-refractivity contribution in [2.75, 3.05) is 41.0 Å². The van der Waals surface area contributed by atoms with Crippen molar-refractivity contribution >= 4 is 17.9 Å². The molecule has 0 aliphatic carbocycles. The van der Waals surface area contributed by atoms with Gasteiger partial charge in [0.15, 0.2) is 6.10 Å². The molecule has 0 heterocycles. The zero-order valence-corrected chi connectivity index (χ0v) is 44.1. The molecule has 8 nitrogen and oxygen atoms in total. The molecule has 0 N–H and O–H groups in total. The molecule has 8 heteroatoms. The van der Waals surface area contributed by atoms with Gasteiger partial charge in [-0.25, -0.2) is 0 Å². The highest BCUT2D eigenvalue weighted by Gasteiger charge is 2.25. The maximum Gasteiger partial charge on any atom is 0.306 e. The van der Waals surface area contributed by atoms with E-state index in [0.717, 1.165) is 77.0 Å². The maximum atomic E-state index is 12.8. The van der Waals surface area contributed by atoms with E-state index in [1.54, 1.807) is 21.1 Å². The summed E-state index contributed by atoms with van der Waals surface area (Å²) in [5, 5.41) is 11.7. The molecule has 0 fully saturated rings. The minimum absolute atomic E-state index is 0.0258. The van der Waals surface area contributed by atoms with E-state index in [2.05, 4.69) is 86.8 Å². The van der Waals surface area contributed by atoms with E-state index < -0.39 is 18.1 Å². The molecule has 2 unspecified atom stereocenters.